The lowest BCUT2D eigenvalue weighted by Gasteiger charge is -2.35. The van der Waals surface area contributed by atoms with Gasteiger partial charge in [-0.25, -0.2) is 4.98 Å². The highest BCUT2D eigenvalue weighted by atomic mass is 16.2. The molecule has 148 valence electrons. The van der Waals surface area contributed by atoms with E-state index in [-0.39, 0.29) is 17.2 Å². The van der Waals surface area contributed by atoms with Gasteiger partial charge in [0, 0.05) is 50.6 Å². The zero-order valence-electron chi connectivity index (χ0n) is 17.0. The minimum Gasteiger partial charge on any atom is -0.353 e. The average molecular weight is 380 g/mol. The quantitative estimate of drug-likeness (QED) is 0.887. The highest BCUT2D eigenvalue weighted by Crippen LogP contribution is 2.24. The number of benzene rings is 1. The maximum Gasteiger partial charge on any atom is 0.255 e. The first-order chi connectivity index (χ1) is 13.2. The number of pyridine rings is 1. The lowest BCUT2D eigenvalue weighted by molar-refractivity contribution is -0.129. The first kappa shape index (κ1) is 19.9. The zero-order valence-corrected chi connectivity index (χ0v) is 17.0. The topological polar surface area (TPSA) is 65.5 Å². The van der Waals surface area contributed by atoms with Crippen LogP contribution in [0.4, 0.5) is 11.5 Å². The van der Waals surface area contributed by atoms with Crippen molar-refractivity contribution < 1.29 is 9.59 Å². The molecule has 0 unspecified atom stereocenters. The molecule has 1 aromatic carbocycles. The molecule has 2 amide bonds. The summed E-state index contributed by atoms with van der Waals surface area (Å²) in [6.07, 6.45) is 1.66. The largest absolute Gasteiger partial charge is 0.353 e. The molecule has 6 heteroatoms. The van der Waals surface area contributed by atoms with E-state index in [4.69, 9.17) is 0 Å². The number of piperazine rings is 1. The van der Waals surface area contributed by atoms with E-state index < -0.39 is 0 Å². The smallest absolute Gasteiger partial charge is 0.255 e. The van der Waals surface area contributed by atoms with Crippen LogP contribution in [0, 0.1) is 0 Å². The van der Waals surface area contributed by atoms with Crippen LogP contribution in [0.1, 0.15) is 43.6 Å². The van der Waals surface area contributed by atoms with E-state index in [1.54, 1.807) is 19.2 Å². The van der Waals surface area contributed by atoms with Crippen LogP contribution in [0.25, 0.3) is 0 Å². The van der Waals surface area contributed by atoms with Gasteiger partial charge in [-0.15, -0.1) is 0 Å². The number of amides is 2. The van der Waals surface area contributed by atoms with E-state index in [9.17, 15) is 9.59 Å². The molecule has 2 aromatic rings. The van der Waals surface area contributed by atoms with Crippen LogP contribution in [0.2, 0.25) is 0 Å². The Kier molecular flexibility index (Phi) is 5.68. The number of rotatable bonds is 3. The van der Waals surface area contributed by atoms with E-state index in [2.05, 4.69) is 36.0 Å². The predicted molar refractivity (Wildman–Crippen MR) is 112 cm³/mol. The van der Waals surface area contributed by atoms with Gasteiger partial charge in [0.2, 0.25) is 5.91 Å². The second-order valence-electron chi connectivity index (χ2n) is 8.18. The van der Waals surface area contributed by atoms with Crippen molar-refractivity contribution in [1.82, 2.24) is 9.88 Å². The minimum absolute atomic E-state index is 0.0783. The molecule has 1 N–H and O–H groups in total. The number of hydrogen-bond acceptors (Lipinski definition) is 4. The number of aromatic nitrogens is 1. The SMILES string of the molecule is CC(=O)N1CCN(c2cc(C(=O)Nc3ccc(C(C)(C)C)cc3)ccn2)CC1. The van der Waals surface area contributed by atoms with Crippen molar-refractivity contribution in [1.29, 1.82) is 0 Å². The van der Waals surface area contributed by atoms with Crippen LogP contribution in [0.15, 0.2) is 42.6 Å². The van der Waals surface area contributed by atoms with Gasteiger partial charge < -0.3 is 15.1 Å². The number of anilines is 2. The minimum atomic E-state index is -0.158. The molecule has 1 saturated heterocycles. The summed E-state index contributed by atoms with van der Waals surface area (Å²) in [6, 6.07) is 11.5. The summed E-state index contributed by atoms with van der Waals surface area (Å²) >= 11 is 0. The third kappa shape index (κ3) is 4.68. The van der Waals surface area contributed by atoms with Crippen LogP contribution < -0.4 is 10.2 Å². The molecule has 0 aliphatic carbocycles. The summed E-state index contributed by atoms with van der Waals surface area (Å²) in [4.78, 5) is 32.5. The first-order valence-electron chi connectivity index (χ1n) is 9.62. The van der Waals surface area contributed by atoms with Crippen LogP contribution >= 0.6 is 0 Å². The van der Waals surface area contributed by atoms with Crippen LogP contribution in [-0.4, -0.2) is 47.9 Å². The second kappa shape index (κ2) is 8.00. The Morgan fingerprint density at radius 2 is 1.64 bits per heavy atom. The molecule has 6 nitrogen and oxygen atoms in total. The van der Waals surface area contributed by atoms with E-state index in [0.29, 0.717) is 31.7 Å². The van der Waals surface area contributed by atoms with Crippen LogP contribution in [0.3, 0.4) is 0 Å². The maximum absolute atomic E-state index is 12.7. The summed E-state index contributed by atoms with van der Waals surface area (Å²) in [5.41, 5.74) is 2.64. The fourth-order valence-electron chi connectivity index (χ4n) is 3.24. The van der Waals surface area contributed by atoms with Gasteiger partial charge in [0.1, 0.15) is 5.82 Å². The Morgan fingerprint density at radius 1 is 1.00 bits per heavy atom. The number of carbonyl (C=O) groups is 2. The lowest BCUT2D eigenvalue weighted by Crippen LogP contribution is -2.48. The Hall–Kier alpha value is -2.89. The molecule has 1 aliphatic heterocycles. The van der Waals surface area contributed by atoms with Crippen molar-refractivity contribution in [2.45, 2.75) is 33.1 Å². The Balaban J connectivity index is 1.66. The molecule has 3 rings (SSSR count). The molecular weight excluding hydrogens is 352 g/mol. The highest BCUT2D eigenvalue weighted by Gasteiger charge is 2.20. The Morgan fingerprint density at radius 3 is 2.21 bits per heavy atom. The van der Waals surface area contributed by atoms with Gasteiger partial charge in [-0.2, -0.15) is 0 Å². The van der Waals surface area contributed by atoms with E-state index >= 15 is 0 Å². The molecule has 1 aromatic heterocycles. The second-order valence-corrected chi connectivity index (χ2v) is 8.18. The molecule has 1 aliphatic rings. The van der Waals surface area contributed by atoms with Crippen molar-refractivity contribution in [3.8, 4) is 0 Å². The molecule has 0 atom stereocenters. The monoisotopic (exact) mass is 380 g/mol. The Labute approximate surface area is 166 Å². The maximum atomic E-state index is 12.7. The Bertz CT molecular complexity index is 848. The fourth-order valence-corrected chi connectivity index (χ4v) is 3.24. The number of nitrogens with zero attached hydrogens (tertiary/aromatic N) is 3. The van der Waals surface area contributed by atoms with Crippen molar-refractivity contribution in [3.05, 3.63) is 53.7 Å². The summed E-state index contributed by atoms with van der Waals surface area (Å²) in [5.74, 6) is 0.701. The molecule has 0 bridgehead atoms. The van der Waals surface area contributed by atoms with E-state index in [1.165, 1.54) is 5.56 Å². The van der Waals surface area contributed by atoms with Gasteiger partial charge in [0.15, 0.2) is 0 Å². The lowest BCUT2D eigenvalue weighted by atomic mass is 9.87. The summed E-state index contributed by atoms with van der Waals surface area (Å²) < 4.78 is 0. The summed E-state index contributed by atoms with van der Waals surface area (Å²) in [7, 11) is 0. The number of nitrogens with one attached hydrogen (secondary N) is 1. The normalized spacial score (nSPS) is 14.7. The van der Waals surface area contributed by atoms with Gasteiger partial charge in [0.25, 0.3) is 5.91 Å². The van der Waals surface area contributed by atoms with Crippen molar-refractivity contribution >= 4 is 23.3 Å². The molecule has 0 spiro atoms. The third-order valence-electron chi connectivity index (χ3n) is 5.07. The first-order valence-corrected chi connectivity index (χ1v) is 9.62. The summed E-state index contributed by atoms with van der Waals surface area (Å²) in [5, 5.41) is 2.95. The molecular formula is C22H28N4O2. The van der Waals surface area contributed by atoms with Gasteiger partial charge in [-0.1, -0.05) is 32.9 Å². The molecule has 2 heterocycles. The number of hydrogen-bond donors (Lipinski definition) is 1. The van der Waals surface area contributed by atoms with Crippen molar-refractivity contribution in [2.75, 3.05) is 36.4 Å². The third-order valence-corrected chi connectivity index (χ3v) is 5.07. The standard InChI is InChI=1S/C22H28N4O2/c1-16(27)25-11-13-26(14-12-25)20-15-17(9-10-23-20)21(28)24-19-7-5-18(6-8-19)22(2,3)4/h5-10,15H,11-14H2,1-4H3,(H,24,28). The van der Waals surface area contributed by atoms with Crippen molar-refractivity contribution in [2.24, 2.45) is 0 Å². The summed E-state index contributed by atoms with van der Waals surface area (Å²) in [6.45, 7) is 10.9. The predicted octanol–water partition coefficient (Wildman–Crippen LogP) is 3.30. The number of carbonyl (C=O) groups excluding carboxylic acids is 2. The molecule has 0 radical (unpaired) electrons. The molecule has 28 heavy (non-hydrogen) atoms. The molecule has 1 fully saturated rings. The van der Waals surface area contributed by atoms with Gasteiger partial charge in [0.05, 0.1) is 0 Å². The zero-order chi connectivity index (χ0) is 20.3. The van der Waals surface area contributed by atoms with E-state index in [0.717, 1.165) is 11.5 Å². The van der Waals surface area contributed by atoms with Crippen LogP contribution in [-0.2, 0) is 10.2 Å². The van der Waals surface area contributed by atoms with Crippen molar-refractivity contribution in [3.63, 3.8) is 0 Å². The van der Waals surface area contributed by atoms with Gasteiger partial charge >= 0.3 is 0 Å². The van der Waals surface area contributed by atoms with E-state index in [1.807, 2.05) is 35.2 Å². The molecule has 0 saturated carbocycles. The average Bonchev–Trinajstić information content (AvgIpc) is 2.68. The highest BCUT2D eigenvalue weighted by molar-refractivity contribution is 6.04. The fraction of sp³-hybridized carbons (Fsp3) is 0.409. The van der Waals surface area contributed by atoms with Crippen LogP contribution in [0.5, 0.6) is 0 Å². The van der Waals surface area contributed by atoms with Gasteiger partial charge in [-0.05, 0) is 35.2 Å². The van der Waals surface area contributed by atoms with Gasteiger partial charge in [-0.3, -0.25) is 9.59 Å².